The summed E-state index contributed by atoms with van der Waals surface area (Å²) in [6.07, 6.45) is 6.72. The molecule has 3 nitrogen and oxygen atoms in total. The van der Waals surface area contributed by atoms with E-state index in [9.17, 15) is 4.79 Å². The lowest BCUT2D eigenvalue weighted by atomic mass is 10.1. The van der Waals surface area contributed by atoms with Crippen LogP contribution in [0.3, 0.4) is 0 Å². The number of aryl methyl sites for hydroxylation is 2. The van der Waals surface area contributed by atoms with Crippen LogP contribution < -0.4 is 10.1 Å². The van der Waals surface area contributed by atoms with Crippen LogP contribution in [0.4, 0.5) is 0 Å². The van der Waals surface area contributed by atoms with E-state index in [2.05, 4.69) is 21.2 Å². The molecule has 1 N–H and O–H groups in total. The maximum atomic E-state index is 12.4. The van der Waals surface area contributed by atoms with Crippen molar-refractivity contribution >= 4 is 21.8 Å². The zero-order valence-electron chi connectivity index (χ0n) is 13.7. The number of nitrogens with one attached hydrogen (secondary N) is 1. The molecule has 0 saturated heterocycles. The molecule has 122 valence electrons. The third-order valence-electron chi connectivity index (χ3n) is 4.29. The Morgan fingerprint density at radius 3 is 2.27 bits per heavy atom. The highest BCUT2D eigenvalue weighted by Gasteiger charge is 2.21. The molecule has 4 heteroatoms. The van der Waals surface area contributed by atoms with E-state index in [0.717, 1.165) is 34.2 Å². The Morgan fingerprint density at radius 1 is 1.18 bits per heavy atom. The molecule has 0 aliphatic heterocycles. The predicted octanol–water partition coefficient (Wildman–Crippen LogP) is 4.67. The summed E-state index contributed by atoms with van der Waals surface area (Å²) in [6, 6.07) is 4.34. The molecule has 0 spiro atoms. The van der Waals surface area contributed by atoms with Crippen molar-refractivity contribution < 1.29 is 9.53 Å². The van der Waals surface area contributed by atoms with Gasteiger partial charge in [-0.2, -0.15) is 0 Å². The van der Waals surface area contributed by atoms with Gasteiger partial charge in [-0.1, -0.05) is 41.6 Å². The number of ether oxygens (including phenoxy) is 1. The molecule has 1 aliphatic carbocycles. The van der Waals surface area contributed by atoms with Crippen LogP contribution >= 0.6 is 15.9 Å². The van der Waals surface area contributed by atoms with E-state index in [0.29, 0.717) is 6.04 Å². The van der Waals surface area contributed by atoms with E-state index in [4.69, 9.17) is 4.74 Å². The van der Waals surface area contributed by atoms with Gasteiger partial charge in [-0.25, -0.2) is 0 Å². The van der Waals surface area contributed by atoms with Crippen LogP contribution in [0.25, 0.3) is 0 Å². The van der Waals surface area contributed by atoms with Crippen molar-refractivity contribution in [3.63, 3.8) is 0 Å². The fourth-order valence-corrected chi connectivity index (χ4v) is 3.74. The molecule has 1 amide bonds. The lowest BCUT2D eigenvalue weighted by Crippen LogP contribution is -2.42. The Labute approximate surface area is 141 Å². The van der Waals surface area contributed by atoms with Crippen molar-refractivity contribution in [1.29, 1.82) is 0 Å². The highest BCUT2D eigenvalue weighted by Crippen LogP contribution is 2.28. The Hall–Kier alpha value is -1.03. The third kappa shape index (κ3) is 4.73. The molecule has 22 heavy (non-hydrogen) atoms. The fourth-order valence-electron chi connectivity index (χ4n) is 3.06. The molecule has 1 aromatic carbocycles. The molecule has 1 aliphatic rings. The van der Waals surface area contributed by atoms with Gasteiger partial charge in [-0.05, 0) is 56.9 Å². The first-order valence-electron chi connectivity index (χ1n) is 8.21. The van der Waals surface area contributed by atoms with Crippen molar-refractivity contribution in [3.05, 3.63) is 27.7 Å². The van der Waals surface area contributed by atoms with Crippen LogP contribution in [0.15, 0.2) is 16.6 Å². The van der Waals surface area contributed by atoms with Crippen LogP contribution in [-0.4, -0.2) is 18.1 Å². The smallest absolute Gasteiger partial charge is 0.260 e. The second-order valence-corrected chi connectivity index (χ2v) is 7.24. The first-order valence-corrected chi connectivity index (χ1v) is 9.00. The van der Waals surface area contributed by atoms with E-state index >= 15 is 0 Å². The SMILES string of the molecule is Cc1cc(Br)cc(C)c1OC(C)C(=O)NC1CCCCCC1. The van der Waals surface area contributed by atoms with Gasteiger partial charge >= 0.3 is 0 Å². The molecular formula is C18H26BrNO2. The minimum absolute atomic E-state index is 0.00591. The monoisotopic (exact) mass is 367 g/mol. The maximum Gasteiger partial charge on any atom is 0.260 e. The van der Waals surface area contributed by atoms with Gasteiger partial charge < -0.3 is 10.1 Å². The molecule has 0 radical (unpaired) electrons. The molecule has 0 bridgehead atoms. The topological polar surface area (TPSA) is 38.3 Å². The zero-order chi connectivity index (χ0) is 16.1. The van der Waals surface area contributed by atoms with Gasteiger partial charge in [-0.3, -0.25) is 4.79 Å². The second-order valence-electron chi connectivity index (χ2n) is 6.33. The quantitative estimate of drug-likeness (QED) is 0.785. The molecule has 1 saturated carbocycles. The van der Waals surface area contributed by atoms with Crippen LogP contribution in [-0.2, 0) is 4.79 Å². The fraction of sp³-hybridized carbons (Fsp3) is 0.611. The Bertz CT molecular complexity index is 499. The summed E-state index contributed by atoms with van der Waals surface area (Å²) in [7, 11) is 0. The van der Waals surface area contributed by atoms with Gasteiger partial charge in [0.25, 0.3) is 5.91 Å². The lowest BCUT2D eigenvalue weighted by Gasteiger charge is -2.22. The zero-order valence-corrected chi connectivity index (χ0v) is 15.3. The molecule has 0 aromatic heterocycles. The first kappa shape index (κ1) is 17.3. The van der Waals surface area contributed by atoms with Crippen molar-refractivity contribution in [3.8, 4) is 5.75 Å². The van der Waals surface area contributed by atoms with Crippen LogP contribution in [0.2, 0.25) is 0 Å². The van der Waals surface area contributed by atoms with E-state index in [1.54, 1.807) is 0 Å². The molecule has 1 atom stereocenters. The molecular weight excluding hydrogens is 342 g/mol. The van der Waals surface area contributed by atoms with Gasteiger partial charge in [0.05, 0.1) is 0 Å². The largest absolute Gasteiger partial charge is 0.480 e. The van der Waals surface area contributed by atoms with Crippen LogP contribution in [0.5, 0.6) is 5.75 Å². The van der Waals surface area contributed by atoms with Crippen molar-refractivity contribution in [2.24, 2.45) is 0 Å². The Morgan fingerprint density at radius 2 is 1.73 bits per heavy atom. The first-order chi connectivity index (χ1) is 10.5. The number of carbonyl (C=O) groups excluding carboxylic acids is 1. The number of amides is 1. The van der Waals surface area contributed by atoms with Crippen molar-refractivity contribution in [1.82, 2.24) is 5.32 Å². The molecule has 1 aromatic rings. The van der Waals surface area contributed by atoms with Gasteiger partial charge in [-0.15, -0.1) is 0 Å². The lowest BCUT2D eigenvalue weighted by molar-refractivity contribution is -0.128. The molecule has 0 heterocycles. The maximum absolute atomic E-state index is 12.4. The van der Waals surface area contributed by atoms with Gasteiger partial charge in [0.1, 0.15) is 5.75 Å². The van der Waals surface area contributed by atoms with E-state index in [1.807, 2.05) is 32.9 Å². The van der Waals surface area contributed by atoms with Crippen molar-refractivity contribution in [2.75, 3.05) is 0 Å². The standard InChI is InChI=1S/C18H26BrNO2/c1-12-10-15(19)11-13(2)17(12)22-14(3)18(21)20-16-8-6-4-5-7-9-16/h10-11,14,16H,4-9H2,1-3H3,(H,20,21). The number of halogens is 1. The van der Waals surface area contributed by atoms with E-state index in [-0.39, 0.29) is 5.91 Å². The number of carbonyl (C=O) groups is 1. The summed E-state index contributed by atoms with van der Waals surface area (Å²) in [4.78, 5) is 12.4. The highest BCUT2D eigenvalue weighted by molar-refractivity contribution is 9.10. The number of rotatable bonds is 4. The van der Waals surface area contributed by atoms with Gasteiger partial charge in [0, 0.05) is 10.5 Å². The molecule has 1 fully saturated rings. The highest BCUT2D eigenvalue weighted by atomic mass is 79.9. The predicted molar refractivity (Wildman–Crippen MR) is 93.3 cm³/mol. The number of hydrogen-bond acceptors (Lipinski definition) is 2. The van der Waals surface area contributed by atoms with Crippen LogP contribution in [0.1, 0.15) is 56.6 Å². The summed E-state index contributed by atoms with van der Waals surface area (Å²) in [6.45, 7) is 5.83. The minimum atomic E-state index is -0.471. The minimum Gasteiger partial charge on any atom is -0.480 e. The Kier molecular flexibility index (Phi) is 6.30. The summed E-state index contributed by atoms with van der Waals surface area (Å²) < 4.78 is 6.97. The Balaban J connectivity index is 1.96. The van der Waals surface area contributed by atoms with Crippen molar-refractivity contribution in [2.45, 2.75) is 71.4 Å². The van der Waals surface area contributed by atoms with Crippen LogP contribution in [0, 0.1) is 13.8 Å². The van der Waals surface area contributed by atoms with E-state index in [1.165, 1.54) is 25.7 Å². The molecule has 2 rings (SSSR count). The normalized spacial score (nSPS) is 17.6. The average molecular weight is 368 g/mol. The van der Waals surface area contributed by atoms with E-state index < -0.39 is 6.10 Å². The summed E-state index contributed by atoms with van der Waals surface area (Å²) in [5.41, 5.74) is 2.09. The summed E-state index contributed by atoms with van der Waals surface area (Å²) >= 11 is 3.48. The summed E-state index contributed by atoms with van der Waals surface area (Å²) in [5, 5.41) is 3.16. The number of hydrogen-bond donors (Lipinski definition) is 1. The van der Waals surface area contributed by atoms with Gasteiger partial charge in [0.2, 0.25) is 0 Å². The third-order valence-corrected chi connectivity index (χ3v) is 4.75. The summed E-state index contributed by atoms with van der Waals surface area (Å²) in [5.74, 6) is 0.806. The molecule has 1 unspecified atom stereocenters. The second kappa shape index (κ2) is 8.00. The average Bonchev–Trinajstić information content (AvgIpc) is 2.71. The van der Waals surface area contributed by atoms with Gasteiger partial charge in [0.15, 0.2) is 6.10 Å². The number of benzene rings is 1.